The number of aromatic nitrogens is 2. The van der Waals surface area contributed by atoms with Crippen molar-refractivity contribution >= 4 is 5.82 Å². The average molecular weight is 276 g/mol. The molecule has 0 bridgehead atoms. The molecule has 1 aromatic rings. The summed E-state index contributed by atoms with van der Waals surface area (Å²) in [6.45, 7) is 5.16. The molecule has 0 amide bonds. The summed E-state index contributed by atoms with van der Waals surface area (Å²) in [6, 6.07) is 2.19. The van der Waals surface area contributed by atoms with E-state index < -0.39 is 11.9 Å². The van der Waals surface area contributed by atoms with E-state index in [0.717, 1.165) is 18.9 Å². The van der Waals surface area contributed by atoms with E-state index in [1.54, 1.807) is 0 Å². The van der Waals surface area contributed by atoms with Crippen molar-refractivity contribution < 1.29 is 13.2 Å². The molecule has 3 N–H and O–H groups in total. The van der Waals surface area contributed by atoms with Crippen LogP contribution in [0.1, 0.15) is 32.4 Å². The number of halogens is 3. The van der Waals surface area contributed by atoms with Crippen molar-refractivity contribution in [2.24, 2.45) is 11.1 Å². The van der Waals surface area contributed by atoms with Gasteiger partial charge in [0.2, 0.25) is 0 Å². The second-order valence-electron chi connectivity index (χ2n) is 4.57. The van der Waals surface area contributed by atoms with Gasteiger partial charge in [0.05, 0.1) is 0 Å². The van der Waals surface area contributed by atoms with Crippen LogP contribution < -0.4 is 11.1 Å². The van der Waals surface area contributed by atoms with Gasteiger partial charge >= 0.3 is 6.18 Å². The maximum absolute atomic E-state index is 12.3. The molecule has 0 aromatic carbocycles. The normalized spacial score (nSPS) is 12.5. The van der Waals surface area contributed by atoms with Gasteiger partial charge in [-0.2, -0.15) is 13.2 Å². The molecule has 0 radical (unpaired) electrons. The third-order valence-corrected chi connectivity index (χ3v) is 3.53. The van der Waals surface area contributed by atoms with Gasteiger partial charge < -0.3 is 11.1 Å². The van der Waals surface area contributed by atoms with Crippen LogP contribution in [0.25, 0.3) is 0 Å². The van der Waals surface area contributed by atoms with Gasteiger partial charge in [-0.15, -0.1) is 10.2 Å². The van der Waals surface area contributed by atoms with Gasteiger partial charge in [-0.05, 0) is 36.9 Å². The molecule has 7 heteroatoms. The van der Waals surface area contributed by atoms with Crippen LogP contribution in [-0.4, -0.2) is 23.3 Å². The molecule has 0 atom stereocenters. The van der Waals surface area contributed by atoms with Crippen LogP contribution in [0.3, 0.4) is 0 Å². The van der Waals surface area contributed by atoms with Gasteiger partial charge in [-0.3, -0.25) is 0 Å². The van der Waals surface area contributed by atoms with Gasteiger partial charge in [0.1, 0.15) is 5.82 Å². The zero-order valence-corrected chi connectivity index (χ0v) is 11.1. The van der Waals surface area contributed by atoms with Gasteiger partial charge in [0, 0.05) is 6.54 Å². The zero-order valence-electron chi connectivity index (χ0n) is 11.1. The lowest BCUT2D eigenvalue weighted by Gasteiger charge is -2.30. The Labute approximate surface area is 110 Å². The molecule has 0 aliphatic heterocycles. The van der Waals surface area contributed by atoms with Crippen molar-refractivity contribution in [2.75, 3.05) is 18.4 Å². The van der Waals surface area contributed by atoms with Crippen LogP contribution in [0.2, 0.25) is 0 Å². The number of nitrogens with one attached hydrogen (secondary N) is 1. The minimum Gasteiger partial charge on any atom is -0.368 e. The first kappa shape index (κ1) is 15.7. The molecular weight excluding hydrogens is 257 g/mol. The Morgan fingerprint density at radius 1 is 1.16 bits per heavy atom. The highest BCUT2D eigenvalue weighted by atomic mass is 19.4. The van der Waals surface area contributed by atoms with Crippen LogP contribution >= 0.6 is 0 Å². The smallest absolute Gasteiger partial charge is 0.368 e. The third kappa shape index (κ3) is 4.05. The molecule has 1 rings (SSSR count). The largest absolute Gasteiger partial charge is 0.435 e. The monoisotopic (exact) mass is 276 g/mol. The molecule has 0 saturated heterocycles. The first-order valence-corrected chi connectivity index (χ1v) is 6.22. The summed E-state index contributed by atoms with van der Waals surface area (Å²) in [4.78, 5) is 0. The molecule has 19 heavy (non-hydrogen) atoms. The predicted molar refractivity (Wildman–Crippen MR) is 67.6 cm³/mol. The van der Waals surface area contributed by atoms with Crippen molar-refractivity contribution in [3.63, 3.8) is 0 Å². The lowest BCUT2D eigenvalue weighted by molar-refractivity contribution is -0.141. The van der Waals surface area contributed by atoms with Crippen molar-refractivity contribution in [3.05, 3.63) is 17.8 Å². The number of nitrogens with zero attached hydrogens (tertiary/aromatic N) is 2. The Morgan fingerprint density at radius 3 is 2.16 bits per heavy atom. The van der Waals surface area contributed by atoms with Crippen molar-refractivity contribution in [1.82, 2.24) is 10.2 Å². The number of alkyl halides is 3. The molecule has 0 aliphatic rings. The van der Waals surface area contributed by atoms with E-state index in [1.165, 1.54) is 6.07 Å². The number of anilines is 1. The Morgan fingerprint density at radius 2 is 1.79 bits per heavy atom. The van der Waals surface area contributed by atoms with E-state index in [9.17, 15) is 13.2 Å². The van der Waals surface area contributed by atoms with Gasteiger partial charge in [0.15, 0.2) is 5.69 Å². The fourth-order valence-corrected chi connectivity index (χ4v) is 1.72. The molecular formula is C12H19F3N4. The third-order valence-electron chi connectivity index (χ3n) is 3.53. The van der Waals surface area contributed by atoms with E-state index in [2.05, 4.69) is 15.5 Å². The first-order valence-electron chi connectivity index (χ1n) is 6.22. The summed E-state index contributed by atoms with van der Waals surface area (Å²) in [6.07, 6.45) is -2.68. The lowest BCUT2D eigenvalue weighted by Crippen LogP contribution is -2.36. The zero-order chi connectivity index (χ0) is 14.5. The first-order chi connectivity index (χ1) is 8.87. The highest BCUT2D eigenvalue weighted by Crippen LogP contribution is 2.28. The van der Waals surface area contributed by atoms with Crippen LogP contribution in [0, 0.1) is 5.41 Å². The molecule has 0 fully saturated rings. The van der Waals surface area contributed by atoms with Crippen LogP contribution in [-0.2, 0) is 6.18 Å². The number of hydrogen-bond acceptors (Lipinski definition) is 4. The standard InChI is InChI=1S/C12H19F3N4/c1-3-11(4-2,7-16)8-17-10-6-5-9(18-19-10)12(13,14)15/h5-6H,3-4,7-8,16H2,1-2H3,(H,17,19). The molecule has 0 saturated carbocycles. The number of rotatable bonds is 6. The average Bonchev–Trinajstić information content (AvgIpc) is 2.40. The van der Waals surface area contributed by atoms with E-state index >= 15 is 0 Å². The summed E-state index contributed by atoms with van der Waals surface area (Å²) in [7, 11) is 0. The topological polar surface area (TPSA) is 63.8 Å². The quantitative estimate of drug-likeness (QED) is 0.838. The summed E-state index contributed by atoms with van der Waals surface area (Å²) in [5, 5.41) is 9.68. The van der Waals surface area contributed by atoms with Gasteiger partial charge in [0.25, 0.3) is 0 Å². The number of hydrogen-bond donors (Lipinski definition) is 2. The molecule has 1 heterocycles. The molecule has 0 unspecified atom stereocenters. The second-order valence-corrected chi connectivity index (χ2v) is 4.57. The van der Waals surface area contributed by atoms with Crippen LogP contribution in [0.5, 0.6) is 0 Å². The Bertz CT molecular complexity index is 377. The van der Waals surface area contributed by atoms with Crippen LogP contribution in [0.15, 0.2) is 12.1 Å². The summed E-state index contributed by atoms with van der Waals surface area (Å²) in [5.41, 5.74) is 4.69. The molecule has 108 valence electrons. The van der Waals surface area contributed by atoms with Crippen LogP contribution in [0.4, 0.5) is 19.0 Å². The maximum atomic E-state index is 12.3. The van der Waals surface area contributed by atoms with E-state index in [4.69, 9.17) is 5.73 Å². The maximum Gasteiger partial charge on any atom is 0.435 e. The lowest BCUT2D eigenvalue weighted by atomic mass is 9.82. The van der Waals surface area contributed by atoms with Crippen molar-refractivity contribution in [1.29, 1.82) is 0 Å². The van der Waals surface area contributed by atoms with Crippen molar-refractivity contribution in [2.45, 2.75) is 32.9 Å². The van der Waals surface area contributed by atoms with E-state index in [0.29, 0.717) is 18.9 Å². The molecule has 4 nitrogen and oxygen atoms in total. The molecule has 1 aromatic heterocycles. The molecule has 0 aliphatic carbocycles. The highest BCUT2D eigenvalue weighted by molar-refractivity contribution is 5.33. The van der Waals surface area contributed by atoms with Crippen molar-refractivity contribution in [3.8, 4) is 0 Å². The van der Waals surface area contributed by atoms with Gasteiger partial charge in [-0.25, -0.2) is 0 Å². The van der Waals surface area contributed by atoms with E-state index in [1.807, 2.05) is 13.8 Å². The summed E-state index contributed by atoms with van der Waals surface area (Å²) in [5.74, 6) is 0.327. The number of nitrogens with two attached hydrogens (primary N) is 1. The highest BCUT2D eigenvalue weighted by Gasteiger charge is 2.33. The fraction of sp³-hybridized carbons (Fsp3) is 0.667. The summed E-state index contributed by atoms with van der Waals surface area (Å²) >= 11 is 0. The van der Waals surface area contributed by atoms with E-state index in [-0.39, 0.29) is 5.41 Å². The predicted octanol–water partition coefficient (Wildman–Crippen LogP) is 2.67. The minimum atomic E-state index is -4.46. The Kier molecular flexibility index (Phi) is 5.11. The SMILES string of the molecule is CCC(CC)(CN)CNc1ccc(C(F)(F)F)nn1. The molecule has 0 spiro atoms. The van der Waals surface area contributed by atoms with Gasteiger partial charge in [-0.1, -0.05) is 13.8 Å². The second kappa shape index (κ2) is 6.18. The minimum absolute atomic E-state index is 0.0651. The summed E-state index contributed by atoms with van der Waals surface area (Å²) < 4.78 is 37.0. The Hall–Kier alpha value is -1.37. The fourth-order valence-electron chi connectivity index (χ4n) is 1.72. The Balaban J connectivity index is 2.69.